The number of ether oxygens (including phenoxy) is 2. The minimum Gasteiger partial charge on any atom is -0.497 e. The molecule has 0 spiro atoms. The second kappa shape index (κ2) is 10.9. The SMILES string of the molecule is COc1ccc(OC)c(NC(=O)[C@@H]2CN(S(=O)(=O)c3ccccc3)CCN2S(=O)(=O)c2ccccc2)c1. The summed E-state index contributed by atoms with van der Waals surface area (Å²) in [5.41, 5.74) is 0.256. The normalized spacial score (nSPS) is 17.2. The van der Waals surface area contributed by atoms with Gasteiger partial charge in [-0.15, -0.1) is 0 Å². The molecule has 12 heteroatoms. The third-order valence-corrected chi connectivity index (χ3v) is 9.79. The van der Waals surface area contributed by atoms with Crippen LogP contribution in [0.25, 0.3) is 0 Å². The highest BCUT2D eigenvalue weighted by Crippen LogP contribution is 2.31. The number of hydrogen-bond acceptors (Lipinski definition) is 7. The molecule has 1 N–H and O–H groups in total. The molecule has 37 heavy (non-hydrogen) atoms. The second-order valence-electron chi connectivity index (χ2n) is 8.18. The number of methoxy groups -OCH3 is 2. The number of nitrogens with one attached hydrogen (secondary N) is 1. The molecule has 1 aliphatic heterocycles. The van der Waals surface area contributed by atoms with Gasteiger partial charge in [-0.25, -0.2) is 16.8 Å². The van der Waals surface area contributed by atoms with Crippen LogP contribution in [-0.4, -0.2) is 71.2 Å². The molecular weight excluding hydrogens is 518 g/mol. The first-order valence-corrected chi connectivity index (χ1v) is 14.2. The first kappa shape index (κ1) is 26.6. The van der Waals surface area contributed by atoms with E-state index in [9.17, 15) is 21.6 Å². The summed E-state index contributed by atoms with van der Waals surface area (Å²) in [7, 11) is -5.19. The van der Waals surface area contributed by atoms with E-state index in [0.29, 0.717) is 11.5 Å². The number of carbonyl (C=O) groups is 1. The molecule has 0 unspecified atom stereocenters. The summed E-state index contributed by atoms with van der Waals surface area (Å²) in [5, 5.41) is 2.70. The van der Waals surface area contributed by atoms with E-state index in [2.05, 4.69) is 5.32 Å². The molecule has 196 valence electrons. The summed E-state index contributed by atoms with van der Waals surface area (Å²) in [6, 6.07) is 19.0. The molecule has 4 rings (SSSR count). The fraction of sp³-hybridized carbons (Fsp3) is 0.240. The van der Waals surface area contributed by atoms with E-state index in [4.69, 9.17) is 9.47 Å². The Bertz CT molecular complexity index is 1460. The number of amides is 1. The maximum absolute atomic E-state index is 13.6. The summed E-state index contributed by atoms with van der Waals surface area (Å²) in [5.74, 6) is 0.0667. The van der Waals surface area contributed by atoms with Crippen molar-refractivity contribution in [1.29, 1.82) is 0 Å². The molecule has 0 saturated carbocycles. The molecule has 1 amide bonds. The Morgan fingerprint density at radius 3 is 1.97 bits per heavy atom. The van der Waals surface area contributed by atoms with Crippen LogP contribution in [0, 0.1) is 0 Å². The molecule has 0 radical (unpaired) electrons. The molecular formula is C25H27N3O7S2. The standard InChI is InChI=1S/C25H27N3O7S2/c1-34-19-13-14-24(35-2)22(17-19)26-25(29)23-18-27(36(30,31)20-9-5-3-6-10-20)15-16-28(23)37(32,33)21-11-7-4-8-12-21/h3-14,17,23H,15-16,18H2,1-2H3,(H,26,29)/t23-/m0/s1. The molecule has 10 nitrogen and oxygen atoms in total. The maximum atomic E-state index is 13.6. The number of carbonyl (C=O) groups excluding carboxylic acids is 1. The van der Waals surface area contributed by atoms with Gasteiger partial charge >= 0.3 is 0 Å². The van der Waals surface area contributed by atoms with Gasteiger partial charge in [0.15, 0.2) is 0 Å². The van der Waals surface area contributed by atoms with Crippen molar-refractivity contribution >= 4 is 31.6 Å². The van der Waals surface area contributed by atoms with Gasteiger partial charge in [0, 0.05) is 25.7 Å². The average molecular weight is 546 g/mol. The fourth-order valence-corrected chi connectivity index (χ4v) is 7.11. The molecule has 0 bridgehead atoms. The van der Waals surface area contributed by atoms with Crippen LogP contribution in [0.2, 0.25) is 0 Å². The summed E-state index contributed by atoms with van der Waals surface area (Å²) < 4.78 is 66.4. The Balaban J connectivity index is 1.72. The van der Waals surface area contributed by atoms with E-state index in [1.54, 1.807) is 48.5 Å². The second-order valence-corrected chi connectivity index (χ2v) is 12.0. The van der Waals surface area contributed by atoms with E-state index in [-0.39, 0.29) is 35.1 Å². The van der Waals surface area contributed by atoms with Crippen molar-refractivity contribution in [3.63, 3.8) is 0 Å². The number of piperazine rings is 1. The Kier molecular flexibility index (Phi) is 7.83. The quantitative estimate of drug-likeness (QED) is 0.461. The Hall–Kier alpha value is -3.45. The van der Waals surface area contributed by atoms with Crippen LogP contribution in [0.15, 0.2) is 88.7 Å². The lowest BCUT2D eigenvalue weighted by molar-refractivity contribution is -0.120. The van der Waals surface area contributed by atoms with Crippen LogP contribution in [0.3, 0.4) is 0 Å². The Morgan fingerprint density at radius 2 is 1.41 bits per heavy atom. The van der Waals surface area contributed by atoms with Crippen molar-refractivity contribution in [3.05, 3.63) is 78.9 Å². The highest BCUT2D eigenvalue weighted by Gasteiger charge is 2.43. The van der Waals surface area contributed by atoms with Crippen LogP contribution < -0.4 is 14.8 Å². The van der Waals surface area contributed by atoms with Crippen LogP contribution in [0.5, 0.6) is 11.5 Å². The van der Waals surface area contributed by atoms with E-state index in [0.717, 1.165) is 8.61 Å². The zero-order chi connectivity index (χ0) is 26.6. The minimum atomic E-state index is -4.12. The monoisotopic (exact) mass is 545 g/mol. The van der Waals surface area contributed by atoms with Crippen molar-refractivity contribution in [2.75, 3.05) is 39.2 Å². The van der Waals surface area contributed by atoms with Crippen molar-refractivity contribution < 1.29 is 31.1 Å². The van der Waals surface area contributed by atoms with Gasteiger partial charge in [-0.1, -0.05) is 36.4 Å². The van der Waals surface area contributed by atoms with E-state index >= 15 is 0 Å². The Labute approximate surface area is 216 Å². The van der Waals surface area contributed by atoms with Gasteiger partial charge in [0.1, 0.15) is 17.5 Å². The van der Waals surface area contributed by atoms with Gasteiger partial charge in [-0.05, 0) is 36.4 Å². The molecule has 3 aromatic carbocycles. The van der Waals surface area contributed by atoms with Crippen molar-refractivity contribution in [2.24, 2.45) is 0 Å². The van der Waals surface area contributed by atoms with Gasteiger partial charge in [-0.2, -0.15) is 8.61 Å². The zero-order valence-electron chi connectivity index (χ0n) is 20.3. The van der Waals surface area contributed by atoms with Gasteiger partial charge in [0.2, 0.25) is 26.0 Å². The van der Waals surface area contributed by atoms with Crippen LogP contribution in [0.1, 0.15) is 0 Å². The molecule has 1 fully saturated rings. The van der Waals surface area contributed by atoms with E-state index in [1.807, 2.05) is 0 Å². The molecule has 3 aromatic rings. The largest absolute Gasteiger partial charge is 0.497 e. The smallest absolute Gasteiger partial charge is 0.244 e. The molecule has 1 heterocycles. The first-order chi connectivity index (χ1) is 17.7. The van der Waals surface area contributed by atoms with Crippen molar-refractivity contribution in [3.8, 4) is 11.5 Å². The molecule has 1 aliphatic rings. The molecule has 1 saturated heterocycles. The summed E-state index contributed by atoms with van der Waals surface area (Å²) in [6.07, 6.45) is 0. The number of benzene rings is 3. The highest BCUT2D eigenvalue weighted by atomic mass is 32.2. The first-order valence-electron chi connectivity index (χ1n) is 11.3. The zero-order valence-corrected chi connectivity index (χ0v) is 21.9. The summed E-state index contributed by atoms with van der Waals surface area (Å²) >= 11 is 0. The van der Waals surface area contributed by atoms with Gasteiger partial charge in [-0.3, -0.25) is 4.79 Å². The maximum Gasteiger partial charge on any atom is 0.244 e. The number of anilines is 1. The van der Waals surface area contributed by atoms with Crippen LogP contribution in [0.4, 0.5) is 5.69 Å². The number of sulfonamides is 2. The predicted octanol–water partition coefficient (Wildman–Crippen LogP) is 2.41. The van der Waals surface area contributed by atoms with Gasteiger partial charge in [0.25, 0.3) is 0 Å². The van der Waals surface area contributed by atoms with E-state index in [1.165, 1.54) is 44.6 Å². The fourth-order valence-electron chi connectivity index (χ4n) is 4.06. The lowest BCUT2D eigenvalue weighted by Gasteiger charge is -2.39. The third kappa shape index (κ3) is 5.47. The number of hydrogen-bond donors (Lipinski definition) is 1. The predicted molar refractivity (Wildman–Crippen MR) is 137 cm³/mol. The van der Waals surface area contributed by atoms with Crippen molar-refractivity contribution in [1.82, 2.24) is 8.61 Å². The lowest BCUT2D eigenvalue weighted by atomic mass is 10.2. The molecule has 1 atom stereocenters. The number of nitrogens with zero attached hydrogens (tertiary/aromatic N) is 2. The van der Waals surface area contributed by atoms with Crippen LogP contribution >= 0.6 is 0 Å². The lowest BCUT2D eigenvalue weighted by Crippen LogP contribution is -2.60. The third-order valence-electron chi connectivity index (χ3n) is 5.99. The highest BCUT2D eigenvalue weighted by molar-refractivity contribution is 7.89. The molecule has 0 aromatic heterocycles. The number of rotatable bonds is 8. The molecule has 0 aliphatic carbocycles. The van der Waals surface area contributed by atoms with Gasteiger partial charge < -0.3 is 14.8 Å². The van der Waals surface area contributed by atoms with Crippen molar-refractivity contribution in [2.45, 2.75) is 15.8 Å². The topological polar surface area (TPSA) is 122 Å². The minimum absolute atomic E-state index is 0.00567. The summed E-state index contributed by atoms with van der Waals surface area (Å²) in [4.78, 5) is 13.7. The summed E-state index contributed by atoms with van der Waals surface area (Å²) in [6.45, 7) is -0.701. The van der Waals surface area contributed by atoms with Gasteiger partial charge in [0.05, 0.1) is 29.7 Å². The Morgan fingerprint density at radius 1 is 0.811 bits per heavy atom. The van der Waals surface area contributed by atoms with Crippen LogP contribution in [-0.2, 0) is 24.8 Å². The van der Waals surface area contributed by atoms with E-state index < -0.39 is 32.0 Å². The average Bonchev–Trinajstić information content (AvgIpc) is 2.93.